The van der Waals surface area contributed by atoms with Gasteiger partial charge in [-0.2, -0.15) is 0 Å². The standard InChI is InChI=1S/C9H15NO4/c10-8(7(11)12)1-3-9(4-2-8)13-5-6-14-9/h1-6,10H2,(H,11,12)/p+1. The Labute approximate surface area is 82.2 Å². The van der Waals surface area contributed by atoms with Crippen molar-refractivity contribution < 1.29 is 19.4 Å². The summed E-state index contributed by atoms with van der Waals surface area (Å²) in [6.07, 6.45) is 2.20. The number of nitrogens with two attached hydrogens (primary N) is 1. The highest BCUT2D eigenvalue weighted by atomic mass is 16.7. The molecule has 0 amide bonds. The Morgan fingerprint density at radius 3 is 2.07 bits per heavy atom. The van der Waals surface area contributed by atoms with E-state index >= 15 is 0 Å². The van der Waals surface area contributed by atoms with Gasteiger partial charge in [0.25, 0.3) is 0 Å². The third kappa shape index (κ3) is 1.51. The molecule has 5 nitrogen and oxygen atoms in total. The molecule has 0 unspecified atom stereocenters. The van der Waals surface area contributed by atoms with E-state index < -0.39 is 17.3 Å². The lowest BCUT2D eigenvalue weighted by Gasteiger charge is -2.36. The van der Waals surface area contributed by atoms with Crippen LogP contribution >= 0.6 is 0 Å². The average Bonchev–Trinajstić information content (AvgIpc) is 2.60. The first-order valence-electron chi connectivity index (χ1n) is 4.89. The van der Waals surface area contributed by atoms with Crippen LogP contribution in [-0.2, 0) is 14.3 Å². The molecule has 0 aromatic rings. The zero-order chi connectivity index (χ0) is 10.2. The van der Waals surface area contributed by atoms with Crippen molar-refractivity contribution in [1.29, 1.82) is 0 Å². The highest BCUT2D eigenvalue weighted by molar-refractivity contribution is 5.78. The first kappa shape index (κ1) is 9.89. The van der Waals surface area contributed by atoms with E-state index in [2.05, 4.69) is 0 Å². The molecular weight excluding hydrogens is 186 g/mol. The van der Waals surface area contributed by atoms with Crippen molar-refractivity contribution in [3.63, 3.8) is 0 Å². The molecule has 0 aromatic heterocycles. The van der Waals surface area contributed by atoms with Crippen molar-refractivity contribution in [2.45, 2.75) is 37.0 Å². The lowest BCUT2D eigenvalue weighted by Crippen LogP contribution is -2.54. The van der Waals surface area contributed by atoms with Gasteiger partial charge in [0.2, 0.25) is 0 Å². The second kappa shape index (κ2) is 3.18. The van der Waals surface area contributed by atoms with Gasteiger partial charge < -0.3 is 20.3 Å². The van der Waals surface area contributed by atoms with E-state index in [1.165, 1.54) is 0 Å². The van der Waals surface area contributed by atoms with E-state index in [-0.39, 0.29) is 0 Å². The van der Waals surface area contributed by atoms with E-state index in [1.54, 1.807) is 0 Å². The van der Waals surface area contributed by atoms with Crippen LogP contribution in [0.5, 0.6) is 0 Å². The van der Waals surface area contributed by atoms with E-state index in [0.717, 1.165) is 0 Å². The third-order valence-electron chi connectivity index (χ3n) is 3.17. The smallest absolute Gasteiger partial charge is 0.536 e. The molecule has 2 aliphatic rings. The summed E-state index contributed by atoms with van der Waals surface area (Å²) in [5.41, 5.74) is 4.83. The highest BCUT2D eigenvalue weighted by Crippen LogP contribution is 2.39. The summed E-state index contributed by atoms with van der Waals surface area (Å²) >= 11 is 0. The molecule has 1 spiro atoms. The highest BCUT2D eigenvalue weighted by Gasteiger charge is 2.51. The van der Waals surface area contributed by atoms with Crippen LogP contribution in [-0.4, -0.2) is 35.6 Å². The normalized spacial score (nSPS) is 29.2. The van der Waals surface area contributed by atoms with E-state index in [1.807, 2.05) is 0 Å². The summed E-state index contributed by atoms with van der Waals surface area (Å²) in [4.78, 5) is 11.0. The zero-order valence-electron chi connectivity index (χ0n) is 8.04. The molecule has 1 saturated carbocycles. The predicted octanol–water partition coefficient (Wildman–Crippen LogP) is -0.748. The number of ether oxygens (including phenoxy) is 2. The third-order valence-corrected chi connectivity index (χ3v) is 3.17. The van der Waals surface area contributed by atoms with Crippen LogP contribution in [0.3, 0.4) is 0 Å². The SMILES string of the molecule is NC1(C(=O)[OH2+])CCC2(CC1)OCCO2. The molecule has 14 heavy (non-hydrogen) atoms. The molecule has 5 heteroatoms. The molecule has 1 saturated heterocycles. The van der Waals surface area contributed by atoms with Crippen molar-refractivity contribution in [2.24, 2.45) is 5.73 Å². The van der Waals surface area contributed by atoms with Crippen LogP contribution in [0, 0.1) is 0 Å². The van der Waals surface area contributed by atoms with Crippen LogP contribution in [0.2, 0.25) is 0 Å². The summed E-state index contributed by atoms with van der Waals surface area (Å²) in [6, 6.07) is 0. The maximum atomic E-state index is 11.0. The molecule has 0 aromatic carbocycles. The van der Waals surface area contributed by atoms with Gasteiger partial charge in [-0.15, -0.1) is 0 Å². The Hall–Kier alpha value is -0.650. The quantitative estimate of drug-likeness (QED) is 0.567. The molecule has 2 rings (SSSR count). The molecular formula is C9H16NO4+. The number of carbonyl (C=O) groups is 1. The van der Waals surface area contributed by atoms with Gasteiger partial charge >= 0.3 is 5.97 Å². The van der Waals surface area contributed by atoms with Crippen molar-refractivity contribution in [3.8, 4) is 0 Å². The first-order valence-corrected chi connectivity index (χ1v) is 4.89. The fourth-order valence-corrected chi connectivity index (χ4v) is 2.09. The second-order valence-electron chi connectivity index (χ2n) is 4.09. The van der Waals surface area contributed by atoms with E-state index in [9.17, 15) is 4.79 Å². The van der Waals surface area contributed by atoms with Gasteiger partial charge in [0.05, 0.1) is 13.2 Å². The first-order chi connectivity index (χ1) is 6.56. The lowest BCUT2D eigenvalue weighted by molar-refractivity contribution is -0.188. The maximum absolute atomic E-state index is 11.0. The Morgan fingerprint density at radius 2 is 1.64 bits per heavy atom. The second-order valence-corrected chi connectivity index (χ2v) is 4.09. The Bertz CT molecular complexity index is 237. The summed E-state index contributed by atoms with van der Waals surface area (Å²) < 4.78 is 11.0. The Kier molecular flexibility index (Phi) is 2.25. The minimum absolute atomic E-state index is 0.481. The number of hydrogen-bond donors (Lipinski definition) is 1. The number of carbonyl (C=O) groups excluding carboxylic acids is 1. The fourth-order valence-electron chi connectivity index (χ4n) is 2.09. The van der Waals surface area contributed by atoms with Gasteiger partial charge in [-0.05, 0) is 12.8 Å². The van der Waals surface area contributed by atoms with Crippen LogP contribution in [0.4, 0.5) is 0 Å². The Balaban J connectivity index is 2.01. The predicted molar refractivity (Wildman–Crippen MR) is 48.6 cm³/mol. The minimum Gasteiger partial charge on any atom is -0.563 e. The van der Waals surface area contributed by atoms with E-state index in [0.29, 0.717) is 38.9 Å². The molecule has 4 N–H and O–H groups in total. The van der Waals surface area contributed by atoms with Crippen molar-refractivity contribution in [1.82, 2.24) is 0 Å². The minimum atomic E-state index is -0.972. The summed E-state index contributed by atoms with van der Waals surface area (Å²) in [7, 11) is 0. The lowest BCUT2D eigenvalue weighted by atomic mass is 9.79. The zero-order valence-corrected chi connectivity index (χ0v) is 8.04. The molecule has 80 valence electrons. The maximum Gasteiger partial charge on any atom is 0.536 e. The molecule has 0 bridgehead atoms. The van der Waals surface area contributed by atoms with Crippen LogP contribution < -0.4 is 5.73 Å². The van der Waals surface area contributed by atoms with Crippen LogP contribution in [0.25, 0.3) is 0 Å². The van der Waals surface area contributed by atoms with Gasteiger partial charge in [-0.3, -0.25) is 0 Å². The topological polar surface area (TPSA) is 84.5 Å². The van der Waals surface area contributed by atoms with E-state index in [4.69, 9.17) is 20.3 Å². The van der Waals surface area contributed by atoms with Gasteiger partial charge in [0.15, 0.2) is 11.3 Å². The van der Waals surface area contributed by atoms with Crippen molar-refractivity contribution in [3.05, 3.63) is 0 Å². The molecule has 1 aliphatic heterocycles. The van der Waals surface area contributed by atoms with Gasteiger partial charge in [-0.1, -0.05) is 0 Å². The van der Waals surface area contributed by atoms with Gasteiger partial charge in [0, 0.05) is 17.6 Å². The fraction of sp³-hybridized carbons (Fsp3) is 0.889. The van der Waals surface area contributed by atoms with Gasteiger partial charge in [0.1, 0.15) is 0 Å². The van der Waals surface area contributed by atoms with Crippen LogP contribution in [0.1, 0.15) is 25.7 Å². The summed E-state index contributed by atoms with van der Waals surface area (Å²) in [6.45, 7) is 1.23. The van der Waals surface area contributed by atoms with Crippen molar-refractivity contribution in [2.75, 3.05) is 13.2 Å². The average molecular weight is 202 g/mol. The summed E-state index contributed by atoms with van der Waals surface area (Å²) in [5, 5.41) is 7.08. The van der Waals surface area contributed by atoms with Crippen LogP contribution in [0.15, 0.2) is 0 Å². The van der Waals surface area contributed by atoms with Crippen molar-refractivity contribution >= 4 is 5.97 Å². The number of rotatable bonds is 1. The number of hydrogen-bond acceptors (Lipinski definition) is 4. The molecule has 1 aliphatic carbocycles. The largest absolute Gasteiger partial charge is 0.563 e. The Morgan fingerprint density at radius 1 is 1.14 bits per heavy atom. The molecule has 1 heterocycles. The molecule has 2 fully saturated rings. The molecule has 0 radical (unpaired) electrons. The van der Waals surface area contributed by atoms with Gasteiger partial charge in [-0.25, -0.2) is 0 Å². The summed E-state index contributed by atoms with van der Waals surface area (Å²) in [5.74, 6) is -1.18. The molecule has 0 atom stereocenters. The monoisotopic (exact) mass is 202 g/mol.